The fraction of sp³-hybridized carbons (Fsp3) is 0.273. The van der Waals surface area contributed by atoms with Gasteiger partial charge in [0.25, 0.3) is 0 Å². The zero-order chi connectivity index (χ0) is 10.7. The lowest BCUT2D eigenvalue weighted by molar-refractivity contribution is 0.713. The zero-order valence-corrected chi connectivity index (χ0v) is 11.2. The fourth-order valence-corrected chi connectivity index (χ4v) is 2.63. The minimum atomic E-state index is 0.0231. The SMILES string of the molecule is C=C(C)CC(N)c1ccc(Br)cc1Br. The molecule has 0 radical (unpaired) electrons. The first-order chi connectivity index (χ1) is 6.50. The highest BCUT2D eigenvalue weighted by Crippen LogP contribution is 2.28. The summed E-state index contributed by atoms with van der Waals surface area (Å²) in [5.74, 6) is 0. The summed E-state index contributed by atoms with van der Waals surface area (Å²) in [5, 5.41) is 0. The quantitative estimate of drug-likeness (QED) is 0.831. The van der Waals surface area contributed by atoms with Crippen molar-refractivity contribution in [1.82, 2.24) is 0 Å². The van der Waals surface area contributed by atoms with Gasteiger partial charge in [-0.2, -0.15) is 0 Å². The first-order valence-corrected chi connectivity index (χ1v) is 5.94. The van der Waals surface area contributed by atoms with E-state index in [1.165, 1.54) is 0 Å². The van der Waals surface area contributed by atoms with Crippen molar-refractivity contribution in [2.45, 2.75) is 19.4 Å². The largest absolute Gasteiger partial charge is 0.324 e. The van der Waals surface area contributed by atoms with Crippen LogP contribution in [-0.4, -0.2) is 0 Å². The number of benzene rings is 1. The van der Waals surface area contributed by atoms with Crippen LogP contribution in [0.2, 0.25) is 0 Å². The summed E-state index contributed by atoms with van der Waals surface area (Å²) in [4.78, 5) is 0. The molecule has 0 aliphatic rings. The molecule has 0 fully saturated rings. The highest BCUT2D eigenvalue weighted by Gasteiger charge is 2.09. The summed E-state index contributed by atoms with van der Waals surface area (Å²) in [7, 11) is 0. The van der Waals surface area contributed by atoms with E-state index in [4.69, 9.17) is 5.73 Å². The van der Waals surface area contributed by atoms with Crippen molar-refractivity contribution in [2.24, 2.45) is 5.73 Å². The lowest BCUT2D eigenvalue weighted by Crippen LogP contribution is -2.10. The predicted octanol–water partition coefficient (Wildman–Crippen LogP) is 4.18. The van der Waals surface area contributed by atoms with Gasteiger partial charge in [0, 0.05) is 15.0 Å². The van der Waals surface area contributed by atoms with E-state index in [0.29, 0.717) is 0 Å². The Bertz CT molecular complexity index is 347. The van der Waals surface area contributed by atoms with Gasteiger partial charge in [-0.3, -0.25) is 0 Å². The van der Waals surface area contributed by atoms with Crippen LogP contribution >= 0.6 is 31.9 Å². The number of hydrogen-bond donors (Lipinski definition) is 1. The fourth-order valence-electron chi connectivity index (χ4n) is 1.29. The van der Waals surface area contributed by atoms with Crippen LogP contribution in [0.1, 0.15) is 24.9 Å². The van der Waals surface area contributed by atoms with Crippen LogP contribution in [-0.2, 0) is 0 Å². The molecule has 1 aromatic carbocycles. The Labute approximate surface area is 102 Å². The molecule has 76 valence electrons. The number of nitrogens with two attached hydrogens (primary N) is 1. The maximum atomic E-state index is 6.04. The molecule has 2 N–H and O–H groups in total. The van der Waals surface area contributed by atoms with Gasteiger partial charge in [0.05, 0.1) is 0 Å². The van der Waals surface area contributed by atoms with Gasteiger partial charge >= 0.3 is 0 Å². The van der Waals surface area contributed by atoms with Crippen molar-refractivity contribution in [2.75, 3.05) is 0 Å². The number of rotatable bonds is 3. The number of halogens is 2. The van der Waals surface area contributed by atoms with Crippen LogP contribution in [0.4, 0.5) is 0 Å². The van der Waals surface area contributed by atoms with Gasteiger partial charge in [-0.05, 0) is 31.0 Å². The molecule has 0 saturated carbocycles. The topological polar surface area (TPSA) is 26.0 Å². The van der Waals surface area contributed by atoms with Crippen molar-refractivity contribution < 1.29 is 0 Å². The van der Waals surface area contributed by atoms with Crippen molar-refractivity contribution in [3.05, 3.63) is 44.9 Å². The molecular formula is C11H13Br2N. The first kappa shape index (κ1) is 12.0. The molecule has 1 nitrogen and oxygen atoms in total. The molecule has 3 heteroatoms. The smallest absolute Gasteiger partial charge is 0.0343 e. The summed E-state index contributed by atoms with van der Waals surface area (Å²) in [6.07, 6.45) is 0.820. The number of hydrogen-bond acceptors (Lipinski definition) is 1. The standard InChI is InChI=1S/C11H13Br2N/c1-7(2)5-11(14)9-4-3-8(12)6-10(9)13/h3-4,6,11H,1,5,14H2,2H3. The molecule has 0 aliphatic heterocycles. The third-order valence-corrected chi connectivity index (χ3v) is 3.11. The van der Waals surface area contributed by atoms with Crippen molar-refractivity contribution in [3.8, 4) is 0 Å². The molecule has 14 heavy (non-hydrogen) atoms. The van der Waals surface area contributed by atoms with Crippen LogP contribution in [0, 0.1) is 0 Å². The van der Waals surface area contributed by atoms with Crippen molar-refractivity contribution in [1.29, 1.82) is 0 Å². The molecule has 1 atom stereocenters. The van der Waals surface area contributed by atoms with Gasteiger partial charge < -0.3 is 5.73 Å². The van der Waals surface area contributed by atoms with E-state index >= 15 is 0 Å². The maximum Gasteiger partial charge on any atom is 0.0343 e. The molecule has 1 unspecified atom stereocenters. The Morgan fingerprint density at radius 3 is 2.64 bits per heavy atom. The Hall–Kier alpha value is -0.120. The van der Waals surface area contributed by atoms with Gasteiger partial charge in [-0.25, -0.2) is 0 Å². The highest BCUT2D eigenvalue weighted by atomic mass is 79.9. The van der Waals surface area contributed by atoms with E-state index in [1.807, 2.05) is 25.1 Å². The van der Waals surface area contributed by atoms with Crippen molar-refractivity contribution >= 4 is 31.9 Å². The molecule has 1 aromatic rings. The van der Waals surface area contributed by atoms with Crippen LogP contribution in [0.25, 0.3) is 0 Å². The molecule has 0 bridgehead atoms. The summed E-state index contributed by atoms with van der Waals surface area (Å²) in [5.41, 5.74) is 8.27. The van der Waals surface area contributed by atoms with Gasteiger partial charge in [0.1, 0.15) is 0 Å². The van der Waals surface area contributed by atoms with Crippen molar-refractivity contribution in [3.63, 3.8) is 0 Å². The molecule has 1 rings (SSSR count). The Kier molecular flexibility index (Phi) is 4.35. The molecule has 0 aromatic heterocycles. The first-order valence-electron chi connectivity index (χ1n) is 4.35. The highest BCUT2D eigenvalue weighted by molar-refractivity contribution is 9.11. The normalized spacial score (nSPS) is 12.6. The summed E-state index contributed by atoms with van der Waals surface area (Å²) < 4.78 is 2.09. The summed E-state index contributed by atoms with van der Waals surface area (Å²) >= 11 is 6.91. The maximum absolute atomic E-state index is 6.04. The van der Waals surface area contributed by atoms with Crippen LogP contribution < -0.4 is 5.73 Å². The lowest BCUT2D eigenvalue weighted by atomic mass is 10.0. The average molecular weight is 319 g/mol. The Morgan fingerprint density at radius 2 is 2.14 bits per heavy atom. The second kappa shape index (κ2) is 5.10. The van der Waals surface area contributed by atoms with E-state index in [2.05, 4.69) is 38.4 Å². The molecule has 0 heterocycles. The monoisotopic (exact) mass is 317 g/mol. The minimum Gasteiger partial charge on any atom is -0.324 e. The zero-order valence-electron chi connectivity index (χ0n) is 8.06. The van der Waals surface area contributed by atoms with Crippen LogP contribution in [0.15, 0.2) is 39.3 Å². The van der Waals surface area contributed by atoms with E-state index < -0.39 is 0 Å². The van der Waals surface area contributed by atoms with E-state index in [1.54, 1.807) is 0 Å². The van der Waals surface area contributed by atoms with Crippen LogP contribution in [0.3, 0.4) is 0 Å². The average Bonchev–Trinajstić information content (AvgIpc) is 2.01. The Balaban J connectivity index is 2.90. The third-order valence-electron chi connectivity index (χ3n) is 1.93. The second-order valence-electron chi connectivity index (χ2n) is 3.43. The minimum absolute atomic E-state index is 0.0231. The molecular weight excluding hydrogens is 306 g/mol. The van der Waals surface area contributed by atoms with Gasteiger partial charge in [0.15, 0.2) is 0 Å². The summed E-state index contributed by atoms with van der Waals surface area (Å²) in [6, 6.07) is 6.06. The van der Waals surface area contributed by atoms with E-state index in [9.17, 15) is 0 Å². The van der Waals surface area contributed by atoms with Gasteiger partial charge in [-0.1, -0.05) is 43.5 Å². The van der Waals surface area contributed by atoms with Crippen LogP contribution in [0.5, 0.6) is 0 Å². The van der Waals surface area contributed by atoms with Gasteiger partial charge in [0.2, 0.25) is 0 Å². The molecule has 0 aliphatic carbocycles. The lowest BCUT2D eigenvalue weighted by Gasteiger charge is -2.13. The van der Waals surface area contributed by atoms with E-state index in [-0.39, 0.29) is 6.04 Å². The van der Waals surface area contributed by atoms with E-state index in [0.717, 1.165) is 26.5 Å². The predicted molar refractivity (Wildman–Crippen MR) is 68.2 cm³/mol. The van der Waals surface area contributed by atoms with Gasteiger partial charge in [-0.15, -0.1) is 6.58 Å². The second-order valence-corrected chi connectivity index (χ2v) is 5.20. The summed E-state index contributed by atoms with van der Waals surface area (Å²) in [6.45, 7) is 5.86. The Morgan fingerprint density at radius 1 is 1.50 bits per heavy atom. The molecule has 0 saturated heterocycles. The molecule has 0 spiro atoms. The molecule has 0 amide bonds. The third kappa shape index (κ3) is 3.23.